The van der Waals surface area contributed by atoms with Gasteiger partial charge in [-0.2, -0.15) is 0 Å². The highest BCUT2D eigenvalue weighted by Crippen LogP contribution is 2.42. The van der Waals surface area contributed by atoms with Crippen molar-refractivity contribution in [3.05, 3.63) is 70.4 Å². The molecule has 0 spiro atoms. The second-order valence-electron chi connectivity index (χ2n) is 8.19. The molecule has 1 unspecified atom stereocenters. The Balaban J connectivity index is 1.61. The minimum Gasteiger partial charge on any atom is -0.343 e. The Kier molecular flexibility index (Phi) is 3.90. The molecule has 1 aliphatic carbocycles. The van der Waals surface area contributed by atoms with Crippen LogP contribution in [-0.4, -0.2) is 16.0 Å². The average Bonchev–Trinajstić information content (AvgIpc) is 2.83. The van der Waals surface area contributed by atoms with Gasteiger partial charge in [-0.3, -0.25) is 4.90 Å². The molecule has 0 N–H and O–H groups in total. The first-order chi connectivity index (χ1) is 12.7. The Bertz CT molecular complexity index is 962. The van der Waals surface area contributed by atoms with Crippen LogP contribution in [0.5, 0.6) is 0 Å². The average molecular weight is 345 g/mol. The third-order valence-electron chi connectivity index (χ3n) is 6.49. The van der Waals surface area contributed by atoms with Crippen molar-refractivity contribution >= 4 is 10.9 Å². The number of fused-ring (bicyclic) bond motifs is 3. The highest BCUT2D eigenvalue weighted by molar-refractivity contribution is 5.86. The van der Waals surface area contributed by atoms with Crippen LogP contribution in [0.4, 0.5) is 0 Å². The number of hydrogen-bond acceptors (Lipinski definition) is 1. The Labute approximate surface area is 156 Å². The van der Waals surface area contributed by atoms with Crippen LogP contribution < -0.4 is 0 Å². The molecule has 26 heavy (non-hydrogen) atoms. The molecular weight excluding hydrogens is 316 g/mol. The molecule has 0 fully saturated rings. The van der Waals surface area contributed by atoms with Crippen molar-refractivity contribution in [1.82, 2.24) is 9.47 Å². The fourth-order valence-corrected chi connectivity index (χ4v) is 5.19. The summed E-state index contributed by atoms with van der Waals surface area (Å²) >= 11 is 0. The first-order valence-electron chi connectivity index (χ1n) is 10.1. The van der Waals surface area contributed by atoms with Crippen molar-refractivity contribution in [2.24, 2.45) is 0 Å². The van der Waals surface area contributed by atoms with Gasteiger partial charge >= 0.3 is 0 Å². The van der Waals surface area contributed by atoms with Crippen LogP contribution in [0, 0.1) is 13.8 Å². The molecule has 0 amide bonds. The van der Waals surface area contributed by atoms with Gasteiger partial charge in [0.25, 0.3) is 0 Å². The van der Waals surface area contributed by atoms with E-state index < -0.39 is 0 Å². The zero-order valence-electron chi connectivity index (χ0n) is 16.0. The predicted octanol–water partition coefficient (Wildman–Crippen LogP) is 5.54. The van der Waals surface area contributed by atoms with E-state index in [1.807, 2.05) is 0 Å². The molecule has 1 atom stereocenters. The zero-order valence-corrected chi connectivity index (χ0v) is 16.0. The summed E-state index contributed by atoms with van der Waals surface area (Å²) in [6.45, 7) is 7.92. The molecule has 0 bridgehead atoms. The van der Waals surface area contributed by atoms with Gasteiger partial charge < -0.3 is 4.57 Å². The molecule has 3 aromatic rings. The van der Waals surface area contributed by atoms with Crippen molar-refractivity contribution < 1.29 is 0 Å². The van der Waals surface area contributed by atoms with Gasteiger partial charge in [-0.05, 0) is 68.4 Å². The minimum atomic E-state index is 0.577. The second kappa shape index (κ2) is 6.28. The summed E-state index contributed by atoms with van der Waals surface area (Å²) in [7, 11) is 0. The topological polar surface area (TPSA) is 8.17 Å². The van der Waals surface area contributed by atoms with Gasteiger partial charge in [0.1, 0.15) is 0 Å². The van der Waals surface area contributed by atoms with Crippen molar-refractivity contribution in [1.29, 1.82) is 0 Å². The van der Waals surface area contributed by atoms with Crippen LogP contribution in [0.1, 0.15) is 53.3 Å². The number of rotatable bonds is 2. The monoisotopic (exact) mass is 344 g/mol. The summed E-state index contributed by atoms with van der Waals surface area (Å²) in [6.07, 6.45) is 5.10. The van der Waals surface area contributed by atoms with E-state index in [1.54, 1.807) is 11.3 Å². The molecule has 134 valence electrons. The molecule has 2 heterocycles. The third-order valence-corrected chi connectivity index (χ3v) is 6.49. The molecule has 0 saturated heterocycles. The molecule has 1 aliphatic heterocycles. The van der Waals surface area contributed by atoms with E-state index in [9.17, 15) is 0 Å². The number of benzene rings is 2. The van der Waals surface area contributed by atoms with Crippen molar-refractivity contribution in [3.63, 3.8) is 0 Å². The Hall–Kier alpha value is -2.06. The van der Waals surface area contributed by atoms with Gasteiger partial charge in [-0.1, -0.05) is 35.9 Å². The lowest BCUT2D eigenvalue weighted by molar-refractivity contribution is 0.173. The lowest BCUT2D eigenvalue weighted by atomic mass is 9.90. The van der Waals surface area contributed by atoms with Crippen molar-refractivity contribution in [3.8, 4) is 0 Å². The molecule has 0 saturated carbocycles. The van der Waals surface area contributed by atoms with Gasteiger partial charge in [-0.15, -0.1) is 0 Å². The maximum atomic E-state index is 2.76. The molecule has 2 nitrogen and oxygen atoms in total. The van der Waals surface area contributed by atoms with E-state index in [0.717, 1.165) is 13.1 Å². The largest absolute Gasteiger partial charge is 0.343 e. The summed E-state index contributed by atoms with van der Waals surface area (Å²) in [6, 6.07) is 16.5. The van der Waals surface area contributed by atoms with Crippen LogP contribution in [-0.2, 0) is 19.5 Å². The third kappa shape index (κ3) is 2.51. The van der Waals surface area contributed by atoms with E-state index in [0.29, 0.717) is 6.04 Å². The first kappa shape index (κ1) is 16.1. The summed E-state index contributed by atoms with van der Waals surface area (Å²) in [5.41, 5.74) is 9.02. The molecular formula is C24H28N2. The van der Waals surface area contributed by atoms with Crippen LogP contribution >= 0.6 is 0 Å². The summed E-state index contributed by atoms with van der Waals surface area (Å²) in [5.74, 6) is 0. The molecule has 1 aromatic heterocycles. The zero-order chi connectivity index (χ0) is 17.7. The van der Waals surface area contributed by atoms with Gasteiger partial charge in [0.05, 0.1) is 6.04 Å². The second-order valence-corrected chi connectivity index (χ2v) is 8.19. The molecule has 5 rings (SSSR count). The highest BCUT2D eigenvalue weighted by Gasteiger charge is 2.33. The fraction of sp³-hybridized carbons (Fsp3) is 0.417. The van der Waals surface area contributed by atoms with E-state index >= 15 is 0 Å². The van der Waals surface area contributed by atoms with E-state index in [1.165, 1.54) is 59.8 Å². The molecule has 2 aromatic carbocycles. The lowest BCUT2D eigenvalue weighted by Crippen LogP contribution is -2.31. The molecule has 0 radical (unpaired) electrons. The molecule has 2 aliphatic rings. The van der Waals surface area contributed by atoms with E-state index in [2.05, 4.69) is 65.8 Å². The number of aryl methyl sites for hydroxylation is 4. The van der Waals surface area contributed by atoms with E-state index in [4.69, 9.17) is 0 Å². The SMILES string of the molecule is Cc1ccc2c(c1)c1c3n2CCCN(Cc2ccccc2C)C3CCC1. The maximum Gasteiger partial charge on any atom is 0.0507 e. The Morgan fingerprint density at radius 3 is 2.77 bits per heavy atom. The Morgan fingerprint density at radius 1 is 1.00 bits per heavy atom. The quantitative estimate of drug-likeness (QED) is 0.592. The van der Waals surface area contributed by atoms with Crippen LogP contribution in [0.15, 0.2) is 42.5 Å². The van der Waals surface area contributed by atoms with Gasteiger partial charge in [-0.25, -0.2) is 0 Å². The van der Waals surface area contributed by atoms with Gasteiger partial charge in [0.15, 0.2) is 0 Å². The Morgan fingerprint density at radius 2 is 1.88 bits per heavy atom. The smallest absolute Gasteiger partial charge is 0.0507 e. The molecule has 2 heteroatoms. The summed E-state index contributed by atoms with van der Waals surface area (Å²) in [4.78, 5) is 2.76. The van der Waals surface area contributed by atoms with Crippen LogP contribution in [0.25, 0.3) is 10.9 Å². The summed E-state index contributed by atoms with van der Waals surface area (Å²) in [5, 5.41) is 1.52. The first-order valence-corrected chi connectivity index (χ1v) is 10.1. The number of hydrogen-bond donors (Lipinski definition) is 0. The minimum absolute atomic E-state index is 0.577. The maximum absolute atomic E-state index is 2.76. The standard InChI is InChI=1S/C24H28N2/c1-17-11-12-22-21(15-17)20-9-5-10-23-24(20)26(22)14-6-13-25(23)16-19-8-4-3-7-18(19)2/h3-4,7-8,11-12,15,23H,5-6,9-10,13-14,16H2,1-2H3. The van der Waals surface area contributed by atoms with Gasteiger partial charge in [0, 0.05) is 36.2 Å². The van der Waals surface area contributed by atoms with Crippen LogP contribution in [0.3, 0.4) is 0 Å². The normalized spacial score (nSPS) is 20.2. The highest BCUT2D eigenvalue weighted by atomic mass is 15.2. The van der Waals surface area contributed by atoms with Crippen molar-refractivity contribution in [2.75, 3.05) is 6.54 Å². The van der Waals surface area contributed by atoms with Gasteiger partial charge in [0.2, 0.25) is 0 Å². The fourth-order valence-electron chi connectivity index (χ4n) is 5.19. The number of aromatic nitrogens is 1. The number of nitrogens with zero attached hydrogens (tertiary/aromatic N) is 2. The summed E-state index contributed by atoms with van der Waals surface area (Å²) < 4.78 is 2.66. The van der Waals surface area contributed by atoms with Crippen molar-refractivity contribution in [2.45, 2.75) is 58.7 Å². The lowest BCUT2D eigenvalue weighted by Gasteiger charge is -2.34. The van der Waals surface area contributed by atoms with Crippen LogP contribution in [0.2, 0.25) is 0 Å². The van der Waals surface area contributed by atoms with E-state index in [-0.39, 0.29) is 0 Å². The predicted molar refractivity (Wildman–Crippen MR) is 109 cm³/mol.